The Morgan fingerprint density at radius 3 is 2.68 bits per heavy atom. The van der Waals surface area contributed by atoms with Crippen molar-refractivity contribution in [2.45, 2.75) is 37.5 Å². The molecule has 4 nitrogen and oxygen atoms in total. The molecule has 0 radical (unpaired) electrons. The van der Waals surface area contributed by atoms with Gasteiger partial charge in [-0.3, -0.25) is 4.99 Å². The number of aliphatic imine (C=N–C) groups is 1. The molecule has 5 heteroatoms. The van der Waals surface area contributed by atoms with Crippen LogP contribution in [0.3, 0.4) is 0 Å². The van der Waals surface area contributed by atoms with Gasteiger partial charge in [-0.15, -0.1) is 0 Å². The van der Waals surface area contributed by atoms with Crippen molar-refractivity contribution in [3.05, 3.63) is 34.9 Å². The van der Waals surface area contributed by atoms with Crippen LogP contribution in [0.15, 0.2) is 29.3 Å². The van der Waals surface area contributed by atoms with Crippen molar-refractivity contribution in [3.8, 4) is 0 Å². The van der Waals surface area contributed by atoms with E-state index in [2.05, 4.69) is 27.3 Å². The Labute approximate surface area is 156 Å². The molecule has 1 aliphatic heterocycles. The number of halogens is 1. The molecule has 1 aliphatic carbocycles. The summed E-state index contributed by atoms with van der Waals surface area (Å²) in [5, 5.41) is 4.48. The molecule has 1 aromatic rings. The van der Waals surface area contributed by atoms with E-state index in [4.69, 9.17) is 16.3 Å². The van der Waals surface area contributed by atoms with Gasteiger partial charge in [-0.2, -0.15) is 0 Å². The van der Waals surface area contributed by atoms with Gasteiger partial charge in [0.25, 0.3) is 0 Å². The highest BCUT2D eigenvalue weighted by Gasteiger charge is 2.36. The number of methoxy groups -OCH3 is 1. The van der Waals surface area contributed by atoms with E-state index in [9.17, 15) is 0 Å². The molecule has 1 saturated heterocycles. The number of nitrogens with zero attached hydrogens (tertiary/aromatic N) is 2. The number of benzene rings is 1. The lowest BCUT2D eigenvalue weighted by atomic mass is 9.79. The summed E-state index contributed by atoms with van der Waals surface area (Å²) in [6.45, 7) is 3.86. The van der Waals surface area contributed by atoms with Gasteiger partial charge in [0, 0.05) is 50.1 Å². The first-order valence-electron chi connectivity index (χ1n) is 9.37. The number of likely N-dealkylation sites (tertiary alicyclic amines) is 1. The van der Waals surface area contributed by atoms with Crippen molar-refractivity contribution >= 4 is 17.6 Å². The van der Waals surface area contributed by atoms with Gasteiger partial charge < -0.3 is 15.0 Å². The van der Waals surface area contributed by atoms with Gasteiger partial charge in [-0.1, -0.05) is 36.6 Å². The van der Waals surface area contributed by atoms with E-state index in [-0.39, 0.29) is 5.41 Å². The number of hydrogen-bond acceptors (Lipinski definition) is 2. The Morgan fingerprint density at radius 2 is 2.04 bits per heavy atom. The second kappa shape index (κ2) is 8.41. The third kappa shape index (κ3) is 4.29. The third-order valence-electron chi connectivity index (χ3n) is 5.80. The largest absolute Gasteiger partial charge is 0.384 e. The Kier molecular flexibility index (Phi) is 6.24. The van der Waals surface area contributed by atoms with Crippen molar-refractivity contribution in [3.63, 3.8) is 0 Å². The predicted molar refractivity (Wildman–Crippen MR) is 105 cm³/mol. The topological polar surface area (TPSA) is 36.9 Å². The number of hydrogen-bond donors (Lipinski definition) is 1. The number of ether oxygens (including phenoxy) is 1. The van der Waals surface area contributed by atoms with Crippen LogP contribution < -0.4 is 5.32 Å². The van der Waals surface area contributed by atoms with E-state index in [1.54, 1.807) is 7.11 Å². The predicted octanol–water partition coefficient (Wildman–Crippen LogP) is 3.70. The van der Waals surface area contributed by atoms with Gasteiger partial charge in [0.1, 0.15) is 0 Å². The molecule has 138 valence electrons. The van der Waals surface area contributed by atoms with Gasteiger partial charge in [-0.25, -0.2) is 0 Å². The minimum Gasteiger partial charge on any atom is -0.384 e. The Hall–Kier alpha value is -1.26. The SMILES string of the molecule is CN=C(NCC1(c2ccc(Cl)cc2)CCCC1)N1CCC(COC)C1. The summed E-state index contributed by atoms with van der Waals surface area (Å²) in [5.41, 5.74) is 1.60. The fourth-order valence-corrected chi connectivity index (χ4v) is 4.53. The standard InChI is InChI=1S/C20H30ClN3O/c1-22-19(24-12-9-16(13-24)14-25-2)23-15-20(10-3-4-11-20)17-5-7-18(21)8-6-17/h5-8,16H,3-4,9-15H2,1-2H3,(H,22,23). The van der Waals surface area contributed by atoms with E-state index >= 15 is 0 Å². The lowest BCUT2D eigenvalue weighted by Crippen LogP contribution is -2.46. The summed E-state index contributed by atoms with van der Waals surface area (Å²) in [6, 6.07) is 8.42. The second-order valence-electron chi connectivity index (χ2n) is 7.45. The highest BCUT2D eigenvalue weighted by atomic mass is 35.5. The first kappa shape index (κ1) is 18.5. The van der Waals surface area contributed by atoms with E-state index in [0.717, 1.165) is 37.2 Å². The summed E-state index contributed by atoms with van der Waals surface area (Å²) in [6.07, 6.45) is 6.22. The van der Waals surface area contributed by atoms with Crippen LogP contribution in [0.1, 0.15) is 37.7 Å². The average Bonchev–Trinajstić information content (AvgIpc) is 3.27. The molecule has 0 aromatic heterocycles. The van der Waals surface area contributed by atoms with Crippen molar-refractivity contribution in [1.82, 2.24) is 10.2 Å². The molecule has 1 aromatic carbocycles. The average molecular weight is 364 g/mol. The molecule has 0 bridgehead atoms. The van der Waals surface area contributed by atoms with Crippen molar-refractivity contribution in [1.29, 1.82) is 0 Å². The molecular weight excluding hydrogens is 334 g/mol. The van der Waals surface area contributed by atoms with Crippen LogP contribution in [-0.2, 0) is 10.2 Å². The molecule has 1 saturated carbocycles. The van der Waals surface area contributed by atoms with Crippen LogP contribution in [-0.4, -0.2) is 51.3 Å². The van der Waals surface area contributed by atoms with Crippen LogP contribution >= 0.6 is 11.6 Å². The lowest BCUT2D eigenvalue weighted by molar-refractivity contribution is 0.157. The number of guanidine groups is 1. The quantitative estimate of drug-likeness (QED) is 0.640. The summed E-state index contributed by atoms with van der Waals surface area (Å²) in [5.74, 6) is 1.64. The minimum atomic E-state index is 0.201. The first-order chi connectivity index (χ1) is 12.2. The molecule has 0 amide bonds. The maximum absolute atomic E-state index is 6.09. The van der Waals surface area contributed by atoms with Gasteiger partial charge in [0.05, 0.1) is 6.61 Å². The van der Waals surface area contributed by atoms with E-state index < -0.39 is 0 Å². The van der Waals surface area contributed by atoms with Crippen LogP contribution in [0.5, 0.6) is 0 Å². The molecule has 25 heavy (non-hydrogen) atoms. The molecule has 1 unspecified atom stereocenters. The zero-order chi connectivity index (χ0) is 17.7. The number of nitrogens with one attached hydrogen (secondary N) is 1. The van der Waals surface area contributed by atoms with Gasteiger partial charge in [0.2, 0.25) is 0 Å². The smallest absolute Gasteiger partial charge is 0.193 e. The van der Waals surface area contributed by atoms with Crippen molar-refractivity contribution in [2.24, 2.45) is 10.9 Å². The maximum atomic E-state index is 6.09. The Balaban J connectivity index is 1.66. The van der Waals surface area contributed by atoms with Crippen LogP contribution in [0.4, 0.5) is 0 Å². The van der Waals surface area contributed by atoms with Crippen LogP contribution in [0.25, 0.3) is 0 Å². The molecule has 1 atom stereocenters. The van der Waals surface area contributed by atoms with Crippen LogP contribution in [0.2, 0.25) is 5.02 Å². The monoisotopic (exact) mass is 363 g/mol. The molecule has 2 fully saturated rings. The second-order valence-corrected chi connectivity index (χ2v) is 7.89. The lowest BCUT2D eigenvalue weighted by Gasteiger charge is -2.32. The fourth-order valence-electron chi connectivity index (χ4n) is 4.40. The molecule has 0 spiro atoms. The Morgan fingerprint density at radius 1 is 1.32 bits per heavy atom. The summed E-state index contributed by atoms with van der Waals surface area (Å²) >= 11 is 6.09. The van der Waals surface area contributed by atoms with Gasteiger partial charge in [0.15, 0.2) is 5.96 Å². The first-order valence-corrected chi connectivity index (χ1v) is 9.75. The summed E-state index contributed by atoms with van der Waals surface area (Å²) in [7, 11) is 3.67. The normalized spacial score (nSPS) is 23.2. The third-order valence-corrected chi connectivity index (χ3v) is 6.05. The summed E-state index contributed by atoms with van der Waals surface area (Å²) in [4.78, 5) is 6.90. The van der Waals surface area contributed by atoms with Crippen molar-refractivity contribution in [2.75, 3.05) is 40.4 Å². The molecule has 2 aliphatic rings. The molecule has 1 N–H and O–H groups in total. The zero-order valence-electron chi connectivity index (χ0n) is 15.4. The molecule has 1 heterocycles. The minimum absolute atomic E-state index is 0.201. The zero-order valence-corrected chi connectivity index (χ0v) is 16.2. The maximum Gasteiger partial charge on any atom is 0.193 e. The van der Waals surface area contributed by atoms with E-state index in [1.807, 2.05) is 19.2 Å². The molecule has 3 rings (SSSR count). The highest BCUT2D eigenvalue weighted by Crippen LogP contribution is 2.41. The van der Waals surface area contributed by atoms with Crippen molar-refractivity contribution < 1.29 is 4.74 Å². The number of rotatable bonds is 5. The summed E-state index contributed by atoms with van der Waals surface area (Å²) < 4.78 is 5.31. The van der Waals surface area contributed by atoms with Gasteiger partial charge in [-0.05, 0) is 37.0 Å². The van der Waals surface area contributed by atoms with E-state index in [0.29, 0.717) is 5.92 Å². The Bertz CT molecular complexity index is 581. The molecular formula is C20H30ClN3O. The van der Waals surface area contributed by atoms with E-state index in [1.165, 1.54) is 37.7 Å². The fraction of sp³-hybridized carbons (Fsp3) is 0.650. The van der Waals surface area contributed by atoms with Crippen LogP contribution in [0, 0.1) is 5.92 Å². The van der Waals surface area contributed by atoms with Gasteiger partial charge >= 0.3 is 0 Å². The highest BCUT2D eigenvalue weighted by molar-refractivity contribution is 6.30.